The van der Waals surface area contributed by atoms with Gasteiger partial charge in [0.25, 0.3) is 0 Å². The Bertz CT molecular complexity index is 1190. The number of nitrogens with one attached hydrogen (secondary N) is 1. The van der Waals surface area contributed by atoms with Crippen LogP contribution in [0.15, 0.2) is 54.7 Å². The average Bonchev–Trinajstić information content (AvgIpc) is 2.94. The molecule has 0 bridgehead atoms. The van der Waals surface area contributed by atoms with Crippen LogP contribution in [0.25, 0.3) is 11.7 Å². The SMILES string of the molecule is CC(C)(C)S(=O)(=O)Cc1cccc(NC(=O)/C=C/c2c(Cl)nc3ccccn23)c1. The number of sulfone groups is 1. The highest BCUT2D eigenvalue weighted by Crippen LogP contribution is 2.22. The number of benzene rings is 1. The van der Waals surface area contributed by atoms with Gasteiger partial charge in [0, 0.05) is 18.0 Å². The van der Waals surface area contributed by atoms with Gasteiger partial charge in [-0.25, -0.2) is 13.4 Å². The Morgan fingerprint density at radius 2 is 1.97 bits per heavy atom. The first-order valence-corrected chi connectivity index (χ1v) is 11.0. The number of imidazole rings is 1. The van der Waals surface area contributed by atoms with Crippen LogP contribution in [-0.4, -0.2) is 28.5 Å². The van der Waals surface area contributed by atoms with Gasteiger partial charge in [-0.2, -0.15) is 0 Å². The molecule has 2 aromatic heterocycles. The Labute approximate surface area is 175 Å². The number of pyridine rings is 1. The van der Waals surface area contributed by atoms with Gasteiger partial charge < -0.3 is 5.32 Å². The number of rotatable bonds is 5. The quantitative estimate of drug-likeness (QED) is 0.609. The molecule has 1 aromatic carbocycles. The van der Waals surface area contributed by atoms with Crippen LogP contribution in [0.2, 0.25) is 5.15 Å². The molecule has 3 aromatic rings. The van der Waals surface area contributed by atoms with Gasteiger partial charge in [0.15, 0.2) is 15.0 Å². The van der Waals surface area contributed by atoms with Gasteiger partial charge in [0.05, 0.1) is 16.2 Å². The van der Waals surface area contributed by atoms with Gasteiger partial charge in [-0.3, -0.25) is 9.20 Å². The normalized spacial score (nSPS) is 12.6. The lowest BCUT2D eigenvalue weighted by molar-refractivity contribution is -0.111. The van der Waals surface area contributed by atoms with E-state index in [0.717, 1.165) is 0 Å². The van der Waals surface area contributed by atoms with Crippen molar-refractivity contribution in [2.75, 3.05) is 5.32 Å². The zero-order chi connectivity index (χ0) is 21.2. The summed E-state index contributed by atoms with van der Waals surface area (Å²) in [7, 11) is -3.31. The smallest absolute Gasteiger partial charge is 0.248 e. The van der Waals surface area contributed by atoms with Crippen LogP contribution >= 0.6 is 11.6 Å². The van der Waals surface area contributed by atoms with Gasteiger partial charge in [-0.15, -0.1) is 0 Å². The second kappa shape index (κ2) is 8.00. The highest BCUT2D eigenvalue weighted by Gasteiger charge is 2.28. The van der Waals surface area contributed by atoms with E-state index in [1.165, 1.54) is 6.08 Å². The molecule has 0 aliphatic heterocycles. The third-order valence-electron chi connectivity index (χ3n) is 4.40. The molecule has 0 aliphatic rings. The predicted octanol–water partition coefficient (Wildman–Crippen LogP) is 4.35. The van der Waals surface area contributed by atoms with Crippen LogP contribution in [0, 0.1) is 0 Å². The lowest BCUT2D eigenvalue weighted by atomic mass is 10.2. The maximum absolute atomic E-state index is 12.4. The fraction of sp³-hybridized carbons (Fsp3) is 0.238. The summed E-state index contributed by atoms with van der Waals surface area (Å²) in [5, 5.41) is 3.04. The lowest BCUT2D eigenvalue weighted by Gasteiger charge is -2.19. The first-order valence-electron chi connectivity index (χ1n) is 9.00. The molecule has 0 fully saturated rings. The third-order valence-corrected chi connectivity index (χ3v) is 7.26. The standard InChI is InChI=1S/C21H22ClN3O3S/c1-21(2,3)29(27,28)14-15-7-6-8-16(13-15)23-19(26)11-10-17-20(22)24-18-9-4-5-12-25(17)18/h4-13H,14H2,1-3H3,(H,23,26)/b11-10+. The Hall–Kier alpha value is -2.64. The molecule has 8 heteroatoms. The molecular formula is C21H22ClN3O3S. The van der Waals surface area contributed by atoms with E-state index in [9.17, 15) is 13.2 Å². The topological polar surface area (TPSA) is 80.5 Å². The summed E-state index contributed by atoms with van der Waals surface area (Å²) >= 11 is 6.16. The second-order valence-electron chi connectivity index (χ2n) is 7.61. The van der Waals surface area contributed by atoms with Crippen molar-refractivity contribution in [3.05, 3.63) is 71.1 Å². The molecule has 0 spiro atoms. The average molecular weight is 432 g/mol. The summed E-state index contributed by atoms with van der Waals surface area (Å²) < 4.78 is 25.8. The third kappa shape index (κ3) is 4.86. The highest BCUT2D eigenvalue weighted by atomic mass is 35.5. The van der Waals surface area contributed by atoms with Crippen molar-refractivity contribution < 1.29 is 13.2 Å². The van der Waals surface area contributed by atoms with E-state index in [0.29, 0.717) is 27.7 Å². The maximum atomic E-state index is 12.4. The van der Waals surface area contributed by atoms with E-state index >= 15 is 0 Å². The summed E-state index contributed by atoms with van der Waals surface area (Å²) in [5.41, 5.74) is 2.42. The fourth-order valence-corrected chi connectivity index (χ4v) is 3.94. The van der Waals surface area contributed by atoms with Gasteiger partial charge in [-0.1, -0.05) is 29.8 Å². The molecule has 0 radical (unpaired) electrons. The molecular weight excluding hydrogens is 410 g/mol. The monoisotopic (exact) mass is 431 g/mol. The number of nitrogens with zero attached hydrogens (tertiary/aromatic N) is 2. The maximum Gasteiger partial charge on any atom is 0.248 e. The molecule has 0 unspecified atom stereocenters. The van der Waals surface area contributed by atoms with Crippen LogP contribution in [0.3, 0.4) is 0 Å². The number of anilines is 1. The van der Waals surface area contributed by atoms with E-state index < -0.39 is 14.6 Å². The molecule has 0 aliphatic carbocycles. The molecule has 1 N–H and O–H groups in total. The van der Waals surface area contributed by atoms with E-state index in [4.69, 9.17) is 11.6 Å². The minimum Gasteiger partial charge on any atom is -0.323 e. The van der Waals surface area contributed by atoms with Gasteiger partial charge in [0.2, 0.25) is 5.91 Å². The summed E-state index contributed by atoms with van der Waals surface area (Å²) in [6, 6.07) is 12.3. The number of aromatic nitrogens is 2. The molecule has 1 amide bonds. The minimum absolute atomic E-state index is 0.0898. The molecule has 0 saturated carbocycles. The van der Waals surface area contributed by atoms with Gasteiger partial charge >= 0.3 is 0 Å². The number of hydrogen-bond donors (Lipinski definition) is 1. The van der Waals surface area contributed by atoms with Crippen LogP contribution in [0.5, 0.6) is 0 Å². The van der Waals surface area contributed by atoms with Crippen LogP contribution in [0.4, 0.5) is 5.69 Å². The molecule has 0 saturated heterocycles. The predicted molar refractivity (Wildman–Crippen MR) is 117 cm³/mol. The summed E-state index contributed by atoms with van der Waals surface area (Å²) in [6.45, 7) is 5.01. The number of fused-ring (bicyclic) bond motifs is 1. The fourth-order valence-electron chi connectivity index (χ4n) is 2.65. The number of amides is 1. The van der Waals surface area contributed by atoms with E-state index in [-0.39, 0.29) is 11.7 Å². The van der Waals surface area contributed by atoms with Gasteiger partial charge in [-0.05, 0) is 56.7 Å². The van der Waals surface area contributed by atoms with Crippen molar-refractivity contribution in [1.29, 1.82) is 0 Å². The number of hydrogen-bond acceptors (Lipinski definition) is 4. The Morgan fingerprint density at radius 3 is 2.69 bits per heavy atom. The Morgan fingerprint density at radius 1 is 1.21 bits per heavy atom. The van der Waals surface area contributed by atoms with E-state index in [2.05, 4.69) is 10.3 Å². The zero-order valence-electron chi connectivity index (χ0n) is 16.4. The van der Waals surface area contributed by atoms with Crippen molar-refractivity contribution >= 4 is 44.8 Å². The second-order valence-corrected chi connectivity index (χ2v) is 10.7. The Balaban J connectivity index is 1.74. The number of halogens is 1. The van der Waals surface area contributed by atoms with E-state index in [1.807, 2.05) is 24.4 Å². The Kier molecular flexibility index (Phi) is 5.82. The van der Waals surface area contributed by atoms with Crippen LogP contribution < -0.4 is 5.32 Å². The van der Waals surface area contributed by atoms with Crippen molar-refractivity contribution in [3.8, 4) is 0 Å². The molecule has 0 atom stereocenters. The lowest BCUT2D eigenvalue weighted by Crippen LogP contribution is -2.29. The largest absolute Gasteiger partial charge is 0.323 e. The first kappa shape index (κ1) is 21.1. The molecule has 3 rings (SSSR count). The summed E-state index contributed by atoms with van der Waals surface area (Å²) in [5.74, 6) is -0.448. The number of carbonyl (C=O) groups excluding carboxylic acids is 1. The number of carbonyl (C=O) groups is 1. The van der Waals surface area contributed by atoms with Crippen molar-refractivity contribution in [3.63, 3.8) is 0 Å². The summed E-state index contributed by atoms with van der Waals surface area (Å²) in [6.07, 6.45) is 4.76. The molecule has 2 heterocycles. The molecule has 6 nitrogen and oxygen atoms in total. The highest BCUT2D eigenvalue weighted by molar-refractivity contribution is 7.91. The van der Waals surface area contributed by atoms with Crippen LogP contribution in [-0.2, 0) is 20.4 Å². The van der Waals surface area contributed by atoms with Crippen molar-refractivity contribution in [2.45, 2.75) is 31.3 Å². The molecule has 152 valence electrons. The summed E-state index contributed by atoms with van der Waals surface area (Å²) in [4.78, 5) is 16.6. The minimum atomic E-state index is -3.31. The zero-order valence-corrected chi connectivity index (χ0v) is 18.0. The first-order chi connectivity index (χ1) is 13.6. The van der Waals surface area contributed by atoms with Crippen molar-refractivity contribution in [1.82, 2.24) is 9.38 Å². The van der Waals surface area contributed by atoms with Crippen molar-refractivity contribution in [2.24, 2.45) is 0 Å². The van der Waals surface area contributed by atoms with Crippen LogP contribution in [0.1, 0.15) is 32.0 Å². The molecule has 29 heavy (non-hydrogen) atoms. The van der Waals surface area contributed by atoms with Gasteiger partial charge in [0.1, 0.15) is 5.65 Å². The van der Waals surface area contributed by atoms with E-state index in [1.54, 1.807) is 55.5 Å².